The van der Waals surface area contributed by atoms with E-state index in [4.69, 9.17) is 6.57 Å². The molecule has 4 heteroatoms. The van der Waals surface area contributed by atoms with E-state index in [1.807, 2.05) is 41.0 Å². The van der Waals surface area contributed by atoms with E-state index >= 15 is 0 Å². The minimum Gasteiger partial charge on any atom is -0.318 e. The zero-order chi connectivity index (χ0) is 25.4. The van der Waals surface area contributed by atoms with Crippen molar-refractivity contribution < 1.29 is 0 Å². The summed E-state index contributed by atoms with van der Waals surface area (Å²) < 4.78 is 2.01. The molecule has 0 atom stereocenters. The van der Waals surface area contributed by atoms with Gasteiger partial charge in [0.15, 0.2) is 0 Å². The Morgan fingerprint density at radius 2 is 1.14 bits per heavy atom. The monoisotopic (exact) mass is 470 g/mol. The highest BCUT2D eigenvalue weighted by Crippen LogP contribution is 2.40. The third kappa shape index (κ3) is 3.60. The van der Waals surface area contributed by atoms with Gasteiger partial charge in [-0.3, -0.25) is 0 Å². The van der Waals surface area contributed by atoms with Crippen LogP contribution in [-0.2, 0) is 0 Å². The fraction of sp³-hybridized carbons (Fsp3) is 0. The Labute approximate surface area is 214 Å². The fourth-order valence-electron chi connectivity index (χ4n) is 4.97. The van der Waals surface area contributed by atoms with E-state index < -0.39 is 0 Å². The molecular weight excluding hydrogens is 452 g/mol. The average molecular weight is 471 g/mol. The molecule has 0 radical (unpaired) electrons. The maximum atomic E-state index is 10.1. The Hall–Kier alpha value is -5.63. The second-order valence-corrected chi connectivity index (χ2v) is 8.76. The second kappa shape index (κ2) is 8.86. The van der Waals surface area contributed by atoms with Crippen LogP contribution in [0.1, 0.15) is 11.1 Å². The number of aromatic nitrogens is 1. The molecule has 0 spiro atoms. The third-order valence-corrected chi connectivity index (χ3v) is 6.67. The molecule has 0 saturated carbocycles. The summed E-state index contributed by atoms with van der Waals surface area (Å²) >= 11 is 0. The zero-order valence-corrected chi connectivity index (χ0v) is 19.7. The van der Waals surface area contributed by atoms with Gasteiger partial charge in [0.2, 0.25) is 5.69 Å². The van der Waals surface area contributed by atoms with Crippen molar-refractivity contribution >= 4 is 27.5 Å². The normalized spacial score (nSPS) is 10.6. The van der Waals surface area contributed by atoms with Crippen molar-refractivity contribution in [2.45, 2.75) is 0 Å². The van der Waals surface area contributed by atoms with Crippen LogP contribution in [0.15, 0.2) is 109 Å². The van der Waals surface area contributed by atoms with Crippen LogP contribution in [0.25, 0.3) is 54.6 Å². The number of benzene rings is 5. The second-order valence-electron chi connectivity index (χ2n) is 8.76. The SMILES string of the molecule is [C-]#[N+]c1cc(C#N)cc(C#N)c1-n1c2cc(-c3ccccc3)ccc2c2ccc(-c3ccccc3)cc21. The molecule has 4 nitrogen and oxygen atoms in total. The van der Waals surface area contributed by atoms with Crippen molar-refractivity contribution in [1.29, 1.82) is 10.5 Å². The van der Waals surface area contributed by atoms with E-state index in [2.05, 4.69) is 77.6 Å². The average Bonchev–Trinajstić information content (AvgIpc) is 3.29. The summed E-state index contributed by atoms with van der Waals surface area (Å²) in [5.74, 6) is 0. The van der Waals surface area contributed by atoms with Gasteiger partial charge in [0.05, 0.1) is 41.0 Å². The highest BCUT2D eigenvalue weighted by atomic mass is 15.0. The van der Waals surface area contributed by atoms with Gasteiger partial charge in [0.1, 0.15) is 0 Å². The van der Waals surface area contributed by atoms with Crippen molar-refractivity contribution in [3.05, 3.63) is 132 Å². The summed E-state index contributed by atoms with van der Waals surface area (Å²) in [6.45, 7) is 7.89. The highest BCUT2D eigenvalue weighted by Gasteiger charge is 2.20. The summed E-state index contributed by atoms with van der Waals surface area (Å²) in [7, 11) is 0. The molecule has 6 rings (SSSR count). The van der Waals surface area contributed by atoms with Crippen LogP contribution in [0.3, 0.4) is 0 Å². The summed E-state index contributed by atoms with van der Waals surface area (Å²) in [5.41, 5.74) is 7.38. The van der Waals surface area contributed by atoms with Gasteiger partial charge in [-0.1, -0.05) is 84.9 Å². The summed E-state index contributed by atoms with van der Waals surface area (Å²) in [5, 5.41) is 21.6. The van der Waals surface area contributed by atoms with Gasteiger partial charge in [-0.05, 0) is 46.5 Å². The quantitative estimate of drug-likeness (QED) is 0.244. The predicted octanol–water partition coefficient (Wildman–Crippen LogP) is 8.41. The number of hydrogen-bond donors (Lipinski definition) is 0. The summed E-state index contributed by atoms with van der Waals surface area (Å²) in [6, 6.07) is 40.3. The van der Waals surface area contributed by atoms with Crippen molar-refractivity contribution in [1.82, 2.24) is 4.57 Å². The van der Waals surface area contributed by atoms with E-state index in [1.54, 1.807) is 12.1 Å². The van der Waals surface area contributed by atoms with Crippen LogP contribution in [-0.4, -0.2) is 4.57 Å². The number of fused-ring (bicyclic) bond motifs is 3. The van der Waals surface area contributed by atoms with E-state index in [9.17, 15) is 10.5 Å². The molecule has 1 aromatic heterocycles. The lowest BCUT2D eigenvalue weighted by molar-refractivity contribution is 1.17. The van der Waals surface area contributed by atoms with Crippen LogP contribution >= 0.6 is 0 Å². The smallest absolute Gasteiger partial charge is 0.213 e. The molecule has 0 aliphatic heterocycles. The molecule has 170 valence electrons. The molecule has 1 heterocycles. The predicted molar refractivity (Wildman–Crippen MR) is 147 cm³/mol. The summed E-state index contributed by atoms with van der Waals surface area (Å²) in [4.78, 5) is 3.75. The number of nitriles is 2. The van der Waals surface area contributed by atoms with Crippen LogP contribution in [0.5, 0.6) is 0 Å². The molecule has 0 saturated heterocycles. The van der Waals surface area contributed by atoms with Crippen LogP contribution in [0.2, 0.25) is 0 Å². The lowest BCUT2D eigenvalue weighted by Gasteiger charge is -2.14. The highest BCUT2D eigenvalue weighted by molar-refractivity contribution is 6.11. The first-order chi connectivity index (χ1) is 18.2. The van der Waals surface area contributed by atoms with Gasteiger partial charge < -0.3 is 4.57 Å². The molecule has 37 heavy (non-hydrogen) atoms. The Morgan fingerprint density at radius 1 is 0.595 bits per heavy atom. The molecule has 0 unspecified atom stereocenters. The number of nitrogens with zero attached hydrogens (tertiary/aromatic N) is 4. The van der Waals surface area contributed by atoms with Crippen molar-refractivity contribution in [3.63, 3.8) is 0 Å². The molecule has 0 aliphatic carbocycles. The molecule has 6 aromatic rings. The van der Waals surface area contributed by atoms with Gasteiger partial charge in [-0.2, -0.15) is 10.5 Å². The topological polar surface area (TPSA) is 56.9 Å². The molecule has 0 N–H and O–H groups in total. The van der Waals surface area contributed by atoms with E-state index in [0.717, 1.165) is 44.1 Å². The lowest BCUT2D eigenvalue weighted by Crippen LogP contribution is -1.99. The molecule has 0 fully saturated rings. The first-order valence-electron chi connectivity index (χ1n) is 11.8. The van der Waals surface area contributed by atoms with Gasteiger partial charge in [-0.15, -0.1) is 0 Å². The van der Waals surface area contributed by atoms with Crippen molar-refractivity contribution in [3.8, 4) is 40.1 Å². The fourth-order valence-corrected chi connectivity index (χ4v) is 4.97. The largest absolute Gasteiger partial charge is 0.318 e. The first-order valence-corrected chi connectivity index (χ1v) is 11.8. The molecule has 0 aliphatic rings. The Balaban J connectivity index is 1.76. The molecule has 0 bridgehead atoms. The van der Waals surface area contributed by atoms with E-state index in [1.165, 1.54) is 0 Å². The van der Waals surface area contributed by atoms with Gasteiger partial charge in [0.25, 0.3) is 0 Å². The van der Waals surface area contributed by atoms with E-state index in [0.29, 0.717) is 16.8 Å². The summed E-state index contributed by atoms with van der Waals surface area (Å²) in [6.07, 6.45) is 0. The van der Waals surface area contributed by atoms with Crippen LogP contribution < -0.4 is 0 Å². The maximum Gasteiger partial charge on any atom is 0.213 e. The van der Waals surface area contributed by atoms with Gasteiger partial charge in [0, 0.05) is 16.3 Å². The third-order valence-electron chi connectivity index (χ3n) is 6.67. The molecular formula is C33H18N4. The van der Waals surface area contributed by atoms with Crippen LogP contribution in [0, 0.1) is 29.2 Å². The Bertz CT molecular complexity index is 1810. The minimum atomic E-state index is 0.268. The van der Waals surface area contributed by atoms with E-state index in [-0.39, 0.29) is 5.69 Å². The first kappa shape index (κ1) is 21.9. The molecule has 5 aromatic carbocycles. The van der Waals surface area contributed by atoms with Crippen LogP contribution in [0.4, 0.5) is 5.69 Å². The number of hydrogen-bond acceptors (Lipinski definition) is 2. The minimum absolute atomic E-state index is 0.268. The van der Waals surface area contributed by atoms with Crippen molar-refractivity contribution in [2.24, 2.45) is 0 Å². The van der Waals surface area contributed by atoms with Gasteiger partial charge >= 0.3 is 0 Å². The Kier molecular flexibility index (Phi) is 5.24. The standard InChI is InChI=1S/C33H18N4/c1-36-30-17-22(20-34)16-27(21-35)33(30)37-31-18-25(23-8-4-2-5-9-23)12-14-28(31)29-15-13-26(19-32(29)37)24-10-6-3-7-11-24/h2-19H. The Morgan fingerprint density at radius 3 is 1.59 bits per heavy atom. The number of rotatable bonds is 3. The lowest BCUT2D eigenvalue weighted by atomic mass is 10.0. The molecule has 0 amide bonds. The van der Waals surface area contributed by atoms with Crippen molar-refractivity contribution in [2.75, 3.05) is 0 Å². The van der Waals surface area contributed by atoms with Gasteiger partial charge in [-0.25, -0.2) is 4.85 Å². The zero-order valence-electron chi connectivity index (χ0n) is 19.7. The maximum absolute atomic E-state index is 10.1.